The first kappa shape index (κ1) is 57.4. The monoisotopic (exact) mass is 1240 g/mol. The van der Waals surface area contributed by atoms with Crippen LogP contribution in [0.1, 0.15) is 0 Å². The zero-order chi connectivity index (χ0) is 62.6. The van der Waals surface area contributed by atoms with E-state index in [1.54, 1.807) is 22.7 Å². The van der Waals surface area contributed by atoms with Gasteiger partial charge in [0.1, 0.15) is 0 Å². The van der Waals surface area contributed by atoms with Gasteiger partial charge in [-0.3, -0.25) is 0 Å². The van der Waals surface area contributed by atoms with E-state index in [1.807, 2.05) is 0 Å². The lowest BCUT2D eigenvalue weighted by atomic mass is 10.0. The van der Waals surface area contributed by atoms with Gasteiger partial charge in [0.15, 0.2) is 0 Å². The van der Waals surface area contributed by atoms with Crippen LogP contribution in [0.15, 0.2) is 375 Å². The van der Waals surface area contributed by atoms with Crippen LogP contribution in [0.2, 0.25) is 0 Å². The van der Waals surface area contributed by atoms with Crippen molar-refractivity contribution in [3.63, 3.8) is 0 Å². The summed E-state index contributed by atoms with van der Waals surface area (Å²) < 4.78 is 2.59. The molecule has 6 heteroatoms. The largest absolute Gasteiger partial charge is 0.311 e. The van der Waals surface area contributed by atoms with E-state index in [9.17, 15) is 0 Å². The van der Waals surface area contributed by atoms with Crippen molar-refractivity contribution < 1.29 is 0 Å². The molecule has 16 rings (SSSR count). The number of benzene rings is 14. The number of thiophene rings is 2. The minimum absolute atomic E-state index is 1.07. The molecule has 0 N–H and O–H groups in total. The first-order valence-corrected chi connectivity index (χ1v) is 33.5. The molecule has 94 heavy (non-hydrogen) atoms. The van der Waals surface area contributed by atoms with Crippen molar-refractivity contribution in [2.45, 2.75) is 0 Å². The van der Waals surface area contributed by atoms with Gasteiger partial charge in [-0.1, -0.05) is 206 Å². The van der Waals surface area contributed by atoms with Crippen molar-refractivity contribution in [1.29, 1.82) is 0 Å². The number of para-hydroxylation sites is 4. The summed E-state index contributed by atoms with van der Waals surface area (Å²) in [5, 5.41) is 7.12. The number of hydrogen-bond acceptors (Lipinski definition) is 6. The van der Waals surface area contributed by atoms with Gasteiger partial charge in [-0.05, 0) is 213 Å². The highest BCUT2D eigenvalue weighted by Crippen LogP contribution is 2.44. The van der Waals surface area contributed by atoms with E-state index >= 15 is 0 Å². The van der Waals surface area contributed by atoms with Crippen LogP contribution < -0.4 is 19.6 Å². The highest BCUT2D eigenvalue weighted by Gasteiger charge is 2.20. The molecule has 16 aromatic rings. The maximum Gasteiger partial charge on any atom is 0.0462 e. The minimum atomic E-state index is 1.07. The summed E-state index contributed by atoms with van der Waals surface area (Å²) in [4.78, 5) is 9.33. The number of nitrogens with zero attached hydrogens (tertiary/aromatic N) is 4. The molecule has 0 bridgehead atoms. The highest BCUT2D eigenvalue weighted by molar-refractivity contribution is 7.18. The predicted octanol–water partition coefficient (Wildman–Crippen LogP) is 26.3. The Hall–Kier alpha value is -11.8. The summed E-state index contributed by atoms with van der Waals surface area (Å²) in [6.07, 6.45) is 0. The van der Waals surface area contributed by atoms with E-state index in [0.29, 0.717) is 0 Å². The van der Waals surface area contributed by atoms with Crippen LogP contribution >= 0.6 is 22.7 Å². The van der Waals surface area contributed by atoms with Crippen molar-refractivity contribution in [3.8, 4) is 55.6 Å². The molecule has 0 saturated heterocycles. The zero-order valence-electron chi connectivity index (χ0n) is 51.4. The molecule has 4 nitrogen and oxygen atoms in total. The molecule has 446 valence electrons. The lowest BCUT2D eigenvalue weighted by molar-refractivity contribution is 1.28. The van der Waals surface area contributed by atoms with Gasteiger partial charge in [-0.15, -0.1) is 22.7 Å². The van der Waals surface area contributed by atoms with Crippen molar-refractivity contribution in [2.24, 2.45) is 0 Å². The second-order valence-corrected chi connectivity index (χ2v) is 25.2. The summed E-state index contributed by atoms with van der Waals surface area (Å²) in [6.45, 7) is 0. The molecule has 0 aliphatic heterocycles. The molecular weight excluding hydrogens is 1180 g/mol. The van der Waals surface area contributed by atoms with Crippen LogP contribution in [-0.4, -0.2) is 0 Å². The van der Waals surface area contributed by atoms with Crippen LogP contribution in [0.25, 0.3) is 75.8 Å². The average molecular weight is 1240 g/mol. The first-order chi connectivity index (χ1) is 46.6. The Morgan fingerprint density at radius 3 is 0.532 bits per heavy atom. The fraction of sp³-hybridized carbons (Fsp3) is 0. The SMILES string of the molecule is c1ccc(N(c2ccccc2)c2ccc(-c3ccc(N(c4ccc(-c5ccc(N(c6ccc(-c7ccc(N(c8ccccc8)c8ccccc8)cc7)cc6)c6ccc(-c7csc8ccccc78)cc6)cc5)cc4)c4ccc(-c5csc6ccccc56)cc4)cc3)cc2)cc1. The molecule has 2 heterocycles. The quantitative estimate of drug-likeness (QED) is 0.0901. The lowest BCUT2D eigenvalue weighted by Crippen LogP contribution is -2.10. The Kier molecular flexibility index (Phi) is 15.8. The van der Waals surface area contributed by atoms with E-state index in [4.69, 9.17) is 0 Å². The van der Waals surface area contributed by atoms with Crippen molar-refractivity contribution in [2.75, 3.05) is 19.6 Å². The van der Waals surface area contributed by atoms with Gasteiger partial charge in [0.25, 0.3) is 0 Å². The predicted molar refractivity (Wildman–Crippen MR) is 403 cm³/mol. The van der Waals surface area contributed by atoms with Crippen molar-refractivity contribution >= 4 is 111 Å². The van der Waals surface area contributed by atoms with Crippen LogP contribution in [0.5, 0.6) is 0 Å². The van der Waals surface area contributed by atoms with Crippen LogP contribution in [0, 0.1) is 0 Å². The maximum atomic E-state index is 2.36. The van der Waals surface area contributed by atoms with E-state index < -0.39 is 0 Å². The third kappa shape index (κ3) is 11.6. The molecule has 0 fully saturated rings. The fourth-order valence-electron chi connectivity index (χ4n) is 12.9. The second-order valence-electron chi connectivity index (χ2n) is 23.3. The van der Waals surface area contributed by atoms with Gasteiger partial charge in [-0.25, -0.2) is 0 Å². The third-order valence-corrected chi connectivity index (χ3v) is 19.6. The molecule has 2 aromatic heterocycles. The van der Waals surface area contributed by atoms with Gasteiger partial charge >= 0.3 is 0 Å². The Balaban J connectivity index is 0.700. The van der Waals surface area contributed by atoms with E-state index in [0.717, 1.165) is 102 Å². The Bertz CT molecular complexity index is 4760. The zero-order valence-corrected chi connectivity index (χ0v) is 53.0. The van der Waals surface area contributed by atoms with Gasteiger partial charge < -0.3 is 19.6 Å². The summed E-state index contributed by atoms with van der Waals surface area (Å²) in [7, 11) is 0. The van der Waals surface area contributed by atoms with E-state index in [1.165, 1.54) is 42.4 Å². The standard InChI is InChI=1S/C88H62N4S2/c1-5-17-71(18-6-1)89(72-19-7-2-8-20-72)75-45-29-63(30-46-75)65-33-49-77(50-34-65)91(81-57-41-69(42-58-81)85-61-93-87-27-15-13-25-83(85)87)79-53-37-67(38-54-79)68-39-55-80(56-40-68)92(82-59-43-70(44-60-82)86-62-94-88-28-16-14-26-84(86)88)78-51-35-66(36-52-78)64-31-47-76(48-32-64)90(73-21-9-3-10-22-73)74-23-11-4-12-24-74/h1-62H. The van der Waals surface area contributed by atoms with Gasteiger partial charge in [0, 0.05) is 99.5 Å². The molecule has 0 atom stereocenters. The van der Waals surface area contributed by atoms with E-state index in [-0.39, 0.29) is 0 Å². The molecule has 0 spiro atoms. The molecule has 0 radical (unpaired) electrons. The van der Waals surface area contributed by atoms with Crippen LogP contribution in [-0.2, 0) is 0 Å². The maximum absolute atomic E-state index is 2.36. The molecule has 14 aromatic carbocycles. The smallest absolute Gasteiger partial charge is 0.0462 e. The summed E-state index contributed by atoms with van der Waals surface area (Å²) in [5.74, 6) is 0. The van der Waals surface area contributed by atoms with E-state index in [2.05, 4.69) is 394 Å². The van der Waals surface area contributed by atoms with Crippen molar-refractivity contribution in [3.05, 3.63) is 375 Å². The van der Waals surface area contributed by atoms with Crippen LogP contribution in [0.3, 0.4) is 0 Å². The Labute approximate surface area is 557 Å². The van der Waals surface area contributed by atoms with Gasteiger partial charge in [0.2, 0.25) is 0 Å². The number of hydrogen-bond donors (Lipinski definition) is 0. The third-order valence-electron chi connectivity index (χ3n) is 17.6. The normalized spacial score (nSPS) is 11.2. The molecular formula is C88H62N4S2. The molecule has 0 amide bonds. The number of anilines is 12. The van der Waals surface area contributed by atoms with Crippen LogP contribution in [0.4, 0.5) is 68.2 Å². The summed E-state index contributed by atoms with van der Waals surface area (Å²) in [5.41, 5.74) is 24.9. The second kappa shape index (κ2) is 25.8. The lowest BCUT2D eigenvalue weighted by Gasteiger charge is -2.27. The Morgan fingerprint density at radius 2 is 0.319 bits per heavy atom. The first-order valence-electron chi connectivity index (χ1n) is 31.8. The minimum Gasteiger partial charge on any atom is -0.311 e. The topological polar surface area (TPSA) is 13.0 Å². The fourth-order valence-corrected chi connectivity index (χ4v) is 14.8. The van der Waals surface area contributed by atoms with Gasteiger partial charge in [0.05, 0.1) is 0 Å². The van der Waals surface area contributed by atoms with Gasteiger partial charge in [-0.2, -0.15) is 0 Å². The number of fused-ring (bicyclic) bond motifs is 2. The molecule has 0 aliphatic rings. The summed E-state index contributed by atoms with van der Waals surface area (Å²) >= 11 is 3.59. The number of rotatable bonds is 17. The molecule has 0 aliphatic carbocycles. The summed E-state index contributed by atoms with van der Waals surface area (Å²) in [6, 6.07) is 131. The van der Waals surface area contributed by atoms with Crippen molar-refractivity contribution in [1.82, 2.24) is 0 Å². The Morgan fingerprint density at radius 1 is 0.149 bits per heavy atom. The average Bonchev–Trinajstić information content (AvgIpc) is 2.47. The molecule has 0 unspecified atom stereocenters. The molecule has 0 saturated carbocycles. The highest BCUT2D eigenvalue weighted by atomic mass is 32.1.